The number of imide groups is 1. The molecule has 15 heavy (non-hydrogen) atoms. The lowest BCUT2D eigenvalue weighted by atomic mass is 10.2. The van der Waals surface area contributed by atoms with Gasteiger partial charge in [0.15, 0.2) is 0 Å². The number of nitrogens with one attached hydrogen (secondary N) is 3. The number of H-pyrrole nitrogens is 2. The zero-order valence-corrected chi connectivity index (χ0v) is 7.78. The molecule has 2 aromatic heterocycles. The number of carbonyl (C=O) groups is 2. The number of amides is 2. The van der Waals surface area contributed by atoms with E-state index in [9.17, 15) is 9.59 Å². The normalized spacial score (nSPS) is 12.8. The van der Waals surface area contributed by atoms with Crippen molar-refractivity contribution in [2.45, 2.75) is 0 Å². The van der Waals surface area contributed by atoms with E-state index in [2.05, 4.69) is 15.3 Å². The van der Waals surface area contributed by atoms with E-state index in [4.69, 9.17) is 0 Å². The van der Waals surface area contributed by atoms with Crippen LogP contribution in [-0.4, -0.2) is 21.8 Å². The lowest BCUT2D eigenvalue weighted by Gasteiger charge is -1.84. The van der Waals surface area contributed by atoms with Gasteiger partial charge in [0, 0.05) is 24.8 Å². The van der Waals surface area contributed by atoms with Crippen molar-refractivity contribution in [2.75, 3.05) is 0 Å². The molecule has 0 unspecified atom stereocenters. The van der Waals surface area contributed by atoms with E-state index in [1.807, 2.05) is 24.5 Å². The Morgan fingerprint density at radius 2 is 1.33 bits per heavy atom. The van der Waals surface area contributed by atoms with Gasteiger partial charge in [0.1, 0.15) is 0 Å². The Balaban J connectivity index is 0.000000144. The molecule has 0 aromatic carbocycles. The molecule has 0 aliphatic carbocycles. The van der Waals surface area contributed by atoms with Crippen LogP contribution in [0.2, 0.25) is 0 Å². The summed E-state index contributed by atoms with van der Waals surface area (Å²) in [7, 11) is 0. The SMILES string of the molecule is O=C1NC(=O)c2c[nH]cc21.c1cc[nH]c1. The van der Waals surface area contributed by atoms with Gasteiger partial charge in [0.2, 0.25) is 0 Å². The van der Waals surface area contributed by atoms with Gasteiger partial charge >= 0.3 is 0 Å². The first kappa shape index (κ1) is 9.26. The zero-order chi connectivity index (χ0) is 10.7. The van der Waals surface area contributed by atoms with Crippen molar-refractivity contribution >= 4 is 11.8 Å². The second-order valence-electron chi connectivity index (χ2n) is 2.95. The topological polar surface area (TPSA) is 77.8 Å². The zero-order valence-electron chi connectivity index (χ0n) is 7.78. The van der Waals surface area contributed by atoms with Gasteiger partial charge < -0.3 is 9.97 Å². The molecule has 0 fully saturated rings. The third-order valence-corrected chi connectivity index (χ3v) is 1.96. The lowest BCUT2D eigenvalue weighted by Crippen LogP contribution is -2.20. The maximum absolute atomic E-state index is 10.8. The summed E-state index contributed by atoms with van der Waals surface area (Å²) < 4.78 is 0. The van der Waals surface area contributed by atoms with Gasteiger partial charge in [0.25, 0.3) is 11.8 Å². The highest BCUT2D eigenvalue weighted by molar-refractivity contribution is 6.21. The number of carbonyl (C=O) groups excluding carboxylic acids is 2. The smallest absolute Gasteiger partial charge is 0.260 e. The molecule has 1 aliphatic heterocycles. The first-order valence-corrected chi connectivity index (χ1v) is 4.39. The number of fused-ring (bicyclic) bond motifs is 1. The minimum absolute atomic E-state index is 0.318. The van der Waals surface area contributed by atoms with Gasteiger partial charge in [0.05, 0.1) is 11.1 Å². The van der Waals surface area contributed by atoms with E-state index in [0.29, 0.717) is 11.1 Å². The van der Waals surface area contributed by atoms with E-state index in [1.165, 1.54) is 12.4 Å². The van der Waals surface area contributed by atoms with Crippen LogP contribution < -0.4 is 5.32 Å². The molecule has 76 valence electrons. The monoisotopic (exact) mass is 203 g/mol. The molecule has 0 saturated carbocycles. The van der Waals surface area contributed by atoms with E-state index in [-0.39, 0.29) is 11.8 Å². The van der Waals surface area contributed by atoms with Gasteiger partial charge in [-0.05, 0) is 12.1 Å². The molecule has 2 amide bonds. The molecule has 2 aromatic rings. The van der Waals surface area contributed by atoms with Crippen LogP contribution in [0.5, 0.6) is 0 Å². The van der Waals surface area contributed by atoms with E-state index < -0.39 is 0 Å². The molecule has 3 heterocycles. The molecule has 5 heteroatoms. The van der Waals surface area contributed by atoms with Crippen LogP contribution >= 0.6 is 0 Å². The Morgan fingerprint density at radius 3 is 1.73 bits per heavy atom. The van der Waals surface area contributed by atoms with Gasteiger partial charge in [-0.1, -0.05) is 0 Å². The van der Waals surface area contributed by atoms with E-state index in [1.54, 1.807) is 0 Å². The summed E-state index contributed by atoms with van der Waals surface area (Å²) in [5.41, 5.74) is 0.870. The molecule has 1 aliphatic rings. The Kier molecular flexibility index (Phi) is 2.37. The van der Waals surface area contributed by atoms with Crippen LogP contribution in [-0.2, 0) is 0 Å². The fourth-order valence-electron chi connectivity index (χ4n) is 1.26. The maximum Gasteiger partial charge on any atom is 0.260 e. The minimum Gasteiger partial charge on any atom is -0.368 e. The molecule has 0 radical (unpaired) electrons. The summed E-state index contributed by atoms with van der Waals surface area (Å²) in [5, 5.41) is 2.16. The summed E-state index contributed by atoms with van der Waals surface area (Å²) >= 11 is 0. The van der Waals surface area contributed by atoms with Crippen molar-refractivity contribution in [1.29, 1.82) is 0 Å². The van der Waals surface area contributed by atoms with Crippen molar-refractivity contribution in [3.63, 3.8) is 0 Å². The lowest BCUT2D eigenvalue weighted by molar-refractivity contribution is 0.0879. The molecule has 3 rings (SSSR count). The Hall–Kier alpha value is -2.30. The quantitative estimate of drug-likeness (QED) is 0.556. The predicted molar refractivity (Wildman–Crippen MR) is 53.4 cm³/mol. The highest BCUT2D eigenvalue weighted by Crippen LogP contribution is 2.12. The number of rotatable bonds is 0. The van der Waals surface area contributed by atoms with Gasteiger partial charge in [-0.3, -0.25) is 14.9 Å². The summed E-state index contributed by atoms with van der Waals surface area (Å²) in [6.07, 6.45) is 6.77. The van der Waals surface area contributed by atoms with Gasteiger partial charge in [-0.2, -0.15) is 0 Å². The Labute approximate surface area is 85.5 Å². The number of aromatic nitrogens is 2. The summed E-state index contributed by atoms with van der Waals surface area (Å²) in [4.78, 5) is 27.1. The second-order valence-corrected chi connectivity index (χ2v) is 2.95. The molecule has 0 bridgehead atoms. The molecule has 0 saturated heterocycles. The van der Waals surface area contributed by atoms with E-state index in [0.717, 1.165) is 0 Å². The first-order chi connectivity index (χ1) is 7.29. The number of aromatic amines is 2. The Bertz CT molecular complexity index is 425. The average Bonchev–Trinajstić information content (AvgIpc) is 2.93. The molecular formula is C10H9N3O2. The van der Waals surface area contributed by atoms with Crippen molar-refractivity contribution in [3.05, 3.63) is 48.0 Å². The molecule has 3 N–H and O–H groups in total. The molecule has 5 nitrogen and oxygen atoms in total. The van der Waals surface area contributed by atoms with Crippen molar-refractivity contribution in [2.24, 2.45) is 0 Å². The highest BCUT2D eigenvalue weighted by atomic mass is 16.2. The van der Waals surface area contributed by atoms with Gasteiger partial charge in [-0.15, -0.1) is 0 Å². The highest BCUT2D eigenvalue weighted by Gasteiger charge is 2.26. The van der Waals surface area contributed by atoms with Crippen LogP contribution in [0.25, 0.3) is 0 Å². The van der Waals surface area contributed by atoms with Crippen molar-refractivity contribution < 1.29 is 9.59 Å². The first-order valence-electron chi connectivity index (χ1n) is 4.39. The molecular weight excluding hydrogens is 194 g/mol. The minimum atomic E-state index is -0.318. The standard InChI is InChI=1S/C6H4N2O2.C4H5N/c9-5-3-1-7-2-4(3)6(10)8-5;1-2-4-5-3-1/h1-2,7H,(H,8,9,10);1-5H. The summed E-state index contributed by atoms with van der Waals surface area (Å²) in [5.74, 6) is -0.637. The molecule has 0 spiro atoms. The molecule has 0 atom stereocenters. The third-order valence-electron chi connectivity index (χ3n) is 1.96. The van der Waals surface area contributed by atoms with Crippen LogP contribution in [0.1, 0.15) is 20.7 Å². The summed E-state index contributed by atoms with van der Waals surface area (Å²) in [6.45, 7) is 0. The average molecular weight is 203 g/mol. The summed E-state index contributed by atoms with van der Waals surface area (Å²) in [6, 6.07) is 3.89. The Morgan fingerprint density at radius 1 is 0.800 bits per heavy atom. The van der Waals surface area contributed by atoms with Gasteiger partial charge in [-0.25, -0.2) is 0 Å². The van der Waals surface area contributed by atoms with E-state index >= 15 is 0 Å². The predicted octanol–water partition coefficient (Wildman–Crippen LogP) is 0.913. The van der Waals surface area contributed by atoms with Crippen LogP contribution in [0, 0.1) is 0 Å². The van der Waals surface area contributed by atoms with Crippen LogP contribution in [0.3, 0.4) is 0 Å². The largest absolute Gasteiger partial charge is 0.368 e. The number of hydrogen-bond acceptors (Lipinski definition) is 2. The van der Waals surface area contributed by atoms with Crippen LogP contribution in [0.4, 0.5) is 0 Å². The van der Waals surface area contributed by atoms with Crippen molar-refractivity contribution in [1.82, 2.24) is 15.3 Å². The van der Waals surface area contributed by atoms with Crippen molar-refractivity contribution in [3.8, 4) is 0 Å². The number of hydrogen-bond donors (Lipinski definition) is 3. The fraction of sp³-hybridized carbons (Fsp3) is 0. The third kappa shape index (κ3) is 1.80. The maximum atomic E-state index is 10.8. The van der Waals surface area contributed by atoms with Crippen LogP contribution in [0.15, 0.2) is 36.9 Å². The second kappa shape index (κ2) is 3.83. The fourth-order valence-corrected chi connectivity index (χ4v) is 1.26.